The minimum absolute atomic E-state index is 0.381. The molecule has 0 aromatic heterocycles. The highest BCUT2D eigenvalue weighted by Gasteiger charge is 2.17. The molecular weight excluding hydrogens is 198 g/mol. The lowest BCUT2D eigenvalue weighted by atomic mass is 9.86. The van der Waals surface area contributed by atoms with E-state index in [1.807, 2.05) is 12.1 Å². The van der Waals surface area contributed by atoms with E-state index in [4.69, 9.17) is 0 Å². The van der Waals surface area contributed by atoms with Crippen molar-refractivity contribution < 1.29 is 5.11 Å². The van der Waals surface area contributed by atoms with Crippen LogP contribution < -0.4 is 5.32 Å². The summed E-state index contributed by atoms with van der Waals surface area (Å²) in [6, 6.07) is 7.67. The number of piperidine rings is 1. The molecule has 0 amide bonds. The van der Waals surface area contributed by atoms with Crippen LogP contribution in [0.2, 0.25) is 0 Å². The molecule has 16 heavy (non-hydrogen) atoms. The zero-order chi connectivity index (χ0) is 11.4. The number of nitrogens with one attached hydrogen (secondary N) is 1. The first-order valence-corrected chi connectivity index (χ1v) is 6.25. The minimum Gasteiger partial charge on any atom is -0.508 e. The second-order valence-corrected chi connectivity index (χ2v) is 4.94. The van der Waals surface area contributed by atoms with Crippen molar-refractivity contribution in [2.24, 2.45) is 5.92 Å². The molecule has 88 valence electrons. The molecule has 2 nitrogen and oxygen atoms in total. The summed E-state index contributed by atoms with van der Waals surface area (Å²) in [4.78, 5) is 0. The van der Waals surface area contributed by atoms with Gasteiger partial charge in [0.2, 0.25) is 0 Å². The summed E-state index contributed by atoms with van der Waals surface area (Å²) in [6.45, 7) is 4.59. The Bertz CT molecular complexity index is 331. The van der Waals surface area contributed by atoms with Crippen LogP contribution in [0.1, 0.15) is 37.7 Å². The Morgan fingerprint density at radius 2 is 2.38 bits per heavy atom. The zero-order valence-electron chi connectivity index (χ0n) is 9.95. The van der Waals surface area contributed by atoms with Gasteiger partial charge in [-0.3, -0.25) is 0 Å². The average molecular weight is 219 g/mol. The van der Waals surface area contributed by atoms with Gasteiger partial charge < -0.3 is 10.4 Å². The summed E-state index contributed by atoms with van der Waals surface area (Å²) in [6.07, 6.45) is 3.87. The van der Waals surface area contributed by atoms with E-state index in [9.17, 15) is 5.11 Å². The van der Waals surface area contributed by atoms with Crippen LogP contribution in [0.15, 0.2) is 24.3 Å². The molecule has 1 saturated heterocycles. The summed E-state index contributed by atoms with van der Waals surface area (Å²) in [5.74, 6) is 1.72. The Morgan fingerprint density at radius 1 is 1.50 bits per heavy atom. The summed E-state index contributed by atoms with van der Waals surface area (Å²) in [5, 5.41) is 12.9. The van der Waals surface area contributed by atoms with Crippen molar-refractivity contribution in [1.82, 2.24) is 5.32 Å². The maximum atomic E-state index is 9.46. The smallest absolute Gasteiger partial charge is 0.115 e. The van der Waals surface area contributed by atoms with Crippen molar-refractivity contribution >= 4 is 0 Å². The van der Waals surface area contributed by atoms with E-state index in [1.54, 1.807) is 6.07 Å². The second-order valence-electron chi connectivity index (χ2n) is 4.94. The molecule has 2 heteroatoms. The van der Waals surface area contributed by atoms with Crippen LogP contribution in [0.4, 0.5) is 0 Å². The Labute approximate surface area is 97.7 Å². The summed E-state index contributed by atoms with van der Waals surface area (Å²) in [7, 11) is 0. The van der Waals surface area contributed by atoms with Crippen molar-refractivity contribution in [2.45, 2.75) is 32.1 Å². The van der Waals surface area contributed by atoms with Gasteiger partial charge in [0, 0.05) is 0 Å². The van der Waals surface area contributed by atoms with Crippen molar-refractivity contribution in [1.29, 1.82) is 0 Å². The van der Waals surface area contributed by atoms with Crippen LogP contribution in [-0.2, 0) is 0 Å². The average Bonchev–Trinajstić information content (AvgIpc) is 2.30. The molecule has 1 aromatic carbocycles. The second kappa shape index (κ2) is 5.35. The zero-order valence-corrected chi connectivity index (χ0v) is 9.95. The molecule has 2 unspecified atom stereocenters. The predicted octanol–water partition coefficient (Wildman–Crippen LogP) is 2.89. The third-order valence-electron chi connectivity index (χ3n) is 3.53. The maximum Gasteiger partial charge on any atom is 0.115 e. The molecule has 2 rings (SSSR count). The Balaban J connectivity index is 1.94. The van der Waals surface area contributed by atoms with Gasteiger partial charge in [0.1, 0.15) is 5.75 Å². The molecule has 0 spiro atoms. The van der Waals surface area contributed by atoms with Gasteiger partial charge in [-0.2, -0.15) is 0 Å². The first-order chi connectivity index (χ1) is 7.75. The van der Waals surface area contributed by atoms with E-state index in [-0.39, 0.29) is 0 Å². The number of benzene rings is 1. The first-order valence-electron chi connectivity index (χ1n) is 6.25. The molecular formula is C14H21NO. The molecule has 1 fully saturated rings. The molecule has 0 saturated carbocycles. The van der Waals surface area contributed by atoms with Gasteiger partial charge in [0.15, 0.2) is 0 Å². The lowest BCUT2D eigenvalue weighted by Gasteiger charge is -2.25. The Kier molecular flexibility index (Phi) is 3.83. The molecule has 1 heterocycles. The van der Waals surface area contributed by atoms with Gasteiger partial charge in [-0.1, -0.05) is 19.1 Å². The lowest BCUT2D eigenvalue weighted by molar-refractivity contribution is 0.340. The number of hydrogen-bond acceptors (Lipinski definition) is 2. The van der Waals surface area contributed by atoms with Gasteiger partial charge in [-0.25, -0.2) is 0 Å². The van der Waals surface area contributed by atoms with Gasteiger partial charge >= 0.3 is 0 Å². The van der Waals surface area contributed by atoms with Crippen LogP contribution in [-0.4, -0.2) is 18.2 Å². The van der Waals surface area contributed by atoms with Crippen LogP contribution >= 0.6 is 0 Å². The number of hydrogen-bond donors (Lipinski definition) is 2. The predicted molar refractivity (Wildman–Crippen MR) is 66.7 cm³/mol. The normalized spacial score (nSPS) is 22.9. The number of rotatable bonds is 3. The number of phenolic OH excluding ortho intramolecular Hbond substituents is 1. The molecule has 0 bridgehead atoms. The first kappa shape index (κ1) is 11.5. The Hall–Kier alpha value is -1.02. The van der Waals surface area contributed by atoms with E-state index in [0.29, 0.717) is 11.7 Å². The quantitative estimate of drug-likeness (QED) is 0.819. The van der Waals surface area contributed by atoms with E-state index < -0.39 is 0 Å². The van der Waals surface area contributed by atoms with Gasteiger partial charge in [-0.15, -0.1) is 0 Å². The van der Waals surface area contributed by atoms with E-state index in [1.165, 1.54) is 31.4 Å². The molecule has 2 atom stereocenters. The van der Waals surface area contributed by atoms with Crippen molar-refractivity contribution in [3.05, 3.63) is 29.8 Å². The van der Waals surface area contributed by atoms with E-state index >= 15 is 0 Å². The van der Waals surface area contributed by atoms with Crippen molar-refractivity contribution in [3.63, 3.8) is 0 Å². The molecule has 1 aliphatic rings. The molecule has 1 aliphatic heterocycles. The molecule has 1 aromatic rings. The van der Waals surface area contributed by atoms with Gasteiger partial charge in [0.05, 0.1) is 0 Å². The standard InChI is InChI=1S/C14H21NO/c1-11(8-12-4-3-7-15-10-12)13-5-2-6-14(16)9-13/h2,5-6,9,11-12,15-16H,3-4,7-8,10H2,1H3. The third kappa shape index (κ3) is 2.99. The lowest BCUT2D eigenvalue weighted by Crippen LogP contribution is -2.30. The van der Waals surface area contributed by atoms with Crippen LogP contribution in [0, 0.1) is 5.92 Å². The van der Waals surface area contributed by atoms with Crippen LogP contribution in [0.3, 0.4) is 0 Å². The topological polar surface area (TPSA) is 32.3 Å². The van der Waals surface area contributed by atoms with Crippen molar-refractivity contribution in [2.75, 3.05) is 13.1 Å². The number of aromatic hydroxyl groups is 1. The van der Waals surface area contributed by atoms with Gasteiger partial charge in [-0.05, 0) is 61.9 Å². The summed E-state index contributed by atoms with van der Waals surface area (Å²) >= 11 is 0. The summed E-state index contributed by atoms with van der Waals surface area (Å²) in [5.41, 5.74) is 1.26. The molecule has 2 N–H and O–H groups in total. The van der Waals surface area contributed by atoms with Crippen LogP contribution in [0.25, 0.3) is 0 Å². The largest absolute Gasteiger partial charge is 0.508 e. The van der Waals surface area contributed by atoms with Gasteiger partial charge in [0.25, 0.3) is 0 Å². The monoisotopic (exact) mass is 219 g/mol. The molecule has 0 aliphatic carbocycles. The highest BCUT2D eigenvalue weighted by molar-refractivity contribution is 5.29. The summed E-state index contributed by atoms with van der Waals surface area (Å²) < 4.78 is 0. The number of phenols is 1. The SMILES string of the molecule is CC(CC1CCCNC1)c1cccc(O)c1. The van der Waals surface area contributed by atoms with Crippen molar-refractivity contribution in [3.8, 4) is 5.75 Å². The minimum atomic E-state index is 0.381. The third-order valence-corrected chi connectivity index (χ3v) is 3.53. The van der Waals surface area contributed by atoms with E-state index in [0.717, 1.165) is 12.5 Å². The fourth-order valence-electron chi connectivity index (χ4n) is 2.59. The highest BCUT2D eigenvalue weighted by Crippen LogP contribution is 2.28. The Morgan fingerprint density at radius 3 is 3.06 bits per heavy atom. The van der Waals surface area contributed by atoms with Crippen LogP contribution in [0.5, 0.6) is 5.75 Å². The fraction of sp³-hybridized carbons (Fsp3) is 0.571. The van der Waals surface area contributed by atoms with E-state index in [2.05, 4.69) is 18.3 Å². The fourth-order valence-corrected chi connectivity index (χ4v) is 2.59. The molecule has 0 radical (unpaired) electrons. The maximum absolute atomic E-state index is 9.46. The highest BCUT2D eigenvalue weighted by atomic mass is 16.3.